The average Bonchev–Trinajstić information content (AvgIpc) is 2.26. The van der Waals surface area contributed by atoms with Gasteiger partial charge in [-0.1, -0.05) is 12.1 Å². The number of nitrogens with one attached hydrogen (secondary N) is 1. The Hall–Kier alpha value is -1.84. The van der Waals surface area contributed by atoms with Gasteiger partial charge in [0.15, 0.2) is 0 Å². The summed E-state index contributed by atoms with van der Waals surface area (Å²) in [7, 11) is 1.59. The molecule has 0 atom stereocenters. The molecule has 0 saturated carbocycles. The summed E-state index contributed by atoms with van der Waals surface area (Å²) in [5, 5.41) is 2.67. The highest BCUT2D eigenvalue weighted by atomic mass is 16.5. The fourth-order valence-corrected chi connectivity index (χ4v) is 1.27. The maximum Gasteiger partial charge on any atom is 0.227 e. The minimum atomic E-state index is -0.254. The quantitative estimate of drug-likeness (QED) is 0.762. The van der Waals surface area contributed by atoms with Gasteiger partial charge in [-0.15, -0.1) is 0 Å². The third-order valence-corrected chi connectivity index (χ3v) is 2.03. The topological polar surface area (TPSA) is 55.4 Å². The molecular weight excluding hydrogens is 206 g/mol. The molecule has 1 aromatic rings. The zero-order chi connectivity index (χ0) is 12.0. The molecule has 0 fully saturated rings. The van der Waals surface area contributed by atoms with Gasteiger partial charge in [-0.25, -0.2) is 0 Å². The molecule has 0 bridgehead atoms. The van der Waals surface area contributed by atoms with Gasteiger partial charge in [-0.05, 0) is 24.6 Å². The Bertz CT molecular complexity index is 388. The number of amides is 1. The van der Waals surface area contributed by atoms with E-state index in [1.807, 2.05) is 24.3 Å². The van der Waals surface area contributed by atoms with Gasteiger partial charge in [0.2, 0.25) is 5.91 Å². The lowest BCUT2D eigenvalue weighted by atomic mass is 10.2. The third kappa shape index (κ3) is 4.13. The summed E-state index contributed by atoms with van der Waals surface area (Å²) in [6.45, 7) is 1.80. The van der Waals surface area contributed by atoms with Crippen molar-refractivity contribution in [2.24, 2.45) is 0 Å². The van der Waals surface area contributed by atoms with Gasteiger partial charge < -0.3 is 10.1 Å². The summed E-state index contributed by atoms with van der Waals surface area (Å²) in [4.78, 5) is 21.9. The Morgan fingerprint density at radius 3 is 2.75 bits per heavy atom. The van der Waals surface area contributed by atoms with Crippen molar-refractivity contribution >= 4 is 11.7 Å². The van der Waals surface area contributed by atoms with Crippen LogP contribution in [0.2, 0.25) is 0 Å². The first-order valence-electron chi connectivity index (χ1n) is 5.01. The van der Waals surface area contributed by atoms with Crippen molar-refractivity contribution in [2.75, 3.05) is 7.11 Å². The van der Waals surface area contributed by atoms with Crippen LogP contribution in [0.5, 0.6) is 5.75 Å². The molecule has 0 aliphatic heterocycles. The van der Waals surface area contributed by atoms with Gasteiger partial charge in [0.25, 0.3) is 0 Å². The first kappa shape index (κ1) is 12.2. The zero-order valence-electron chi connectivity index (χ0n) is 9.45. The van der Waals surface area contributed by atoms with Crippen molar-refractivity contribution in [1.29, 1.82) is 0 Å². The summed E-state index contributed by atoms with van der Waals surface area (Å²) in [5.74, 6) is 0.358. The number of hydrogen-bond acceptors (Lipinski definition) is 3. The van der Waals surface area contributed by atoms with Crippen LogP contribution >= 0.6 is 0 Å². The molecule has 0 spiro atoms. The van der Waals surface area contributed by atoms with Gasteiger partial charge in [0, 0.05) is 6.54 Å². The molecule has 0 radical (unpaired) electrons. The highest BCUT2D eigenvalue weighted by Gasteiger charge is 2.04. The first-order valence-corrected chi connectivity index (χ1v) is 5.01. The summed E-state index contributed by atoms with van der Waals surface area (Å²) in [6.07, 6.45) is -0.0655. The van der Waals surface area contributed by atoms with Crippen molar-refractivity contribution in [1.82, 2.24) is 5.32 Å². The molecule has 1 aromatic carbocycles. The SMILES string of the molecule is COc1cccc(CNC(=O)CC(C)=O)c1. The van der Waals surface area contributed by atoms with Crippen molar-refractivity contribution in [2.45, 2.75) is 19.9 Å². The maximum absolute atomic E-state index is 11.2. The number of benzene rings is 1. The van der Waals surface area contributed by atoms with Crippen molar-refractivity contribution < 1.29 is 14.3 Å². The Labute approximate surface area is 94.6 Å². The van der Waals surface area contributed by atoms with E-state index in [1.54, 1.807) is 7.11 Å². The summed E-state index contributed by atoms with van der Waals surface area (Å²) in [5.41, 5.74) is 0.941. The van der Waals surface area contributed by atoms with Crippen LogP contribution in [0.1, 0.15) is 18.9 Å². The van der Waals surface area contributed by atoms with Gasteiger partial charge in [0.05, 0.1) is 13.5 Å². The van der Waals surface area contributed by atoms with Gasteiger partial charge in [0.1, 0.15) is 11.5 Å². The fraction of sp³-hybridized carbons (Fsp3) is 0.333. The number of carbonyl (C=O) groups excluding carboxylic acids is 2. The second kappa shape index (κ2) is 5.90. The number of ketones is 1. The molecule has 1 N–H and O–H groups in total. The predicted octanol–water partition coefficient (Wildman–Crippen LogP) is 1.29. The lowest BCUT2D eigenvalue weighted by Crippen LogP contribution is -2.24. The first-order chi connectivity index (χ1) is 7.61. The molecule has 0 heterocycles. The maximum atomic E-state index is 11.2. The smallest absolute Gasteiger partial charge is 0.227 e. The van der Waals surface area contributed by atoms with Crippen LogP contribution in [0.25, 0.3) is 0 Å². The van der Waals surface area contributed by atoms with E-state index >= 15 is 0 Å². The summed E-state index contributed by atoms with van der Waals surface area (Å²) < 4.78 is 5.06. The van der Waals surface area contributed by atoms with Crippen LogP contribution in [0, 0.1) is 0 Å². The monoisotopic (exact) mass is 221 g/mol. The van der Waals surface area contributed by atoms with E-state index in [4.69, 9.17) is 4.74 Å². The van der Waals surface area contributed by atoms with Crippen molar-refractivity contribution in [3.63, 3.8) is 0 Å². The molecule has 1 amide bonds. The number of ether oxygens (including phenoxy) is 1. The van der Waals surface area contributed by atoms with E-state index in [0.29, 0.717) is 6.54 Å². The van der Waals surface area contributed by atoms with E-state index in [1.165, 1.54) is 6.92 Å². The molecule has 0 aromatic heterocycles. The predicted molar refractivity (Wildman–Crippen MR) is 60.1 cm³/mol. The number of rotatable bonds is 5. The van der Waals surface area contributed by atoms with Crippen LogP contribution in [-0.2, 0) is 16.1 Å². The minimum Gasteiger partial charge on any atom is -0.497 e. The van der Waals surface area contributed by atoms with Gasteiger partial charge in [-0.3, -0.25) is 9.59 Å². The minimum absolute atomic E-state index is 0.0655. The van der Waals surface area contributed by atoms with Gasteiger partial charge >= 0.3 is 0 Å². The lowest BCUT2D eigenvalue weighted by Gasteiger charge is -2.05. The van der Waals surface area contributed by atoms with Crippen LogP contribution < -0.4 is 10.1 Å². The number of hydrogen-bond donors (Lipinski definition) is 1. The largest absolute Gasteiger partial charge is 0.497 e. The standard InChI is InChI=1S/C12H15NO3/c1-9(14)6-12(15)13-8-10-4-3-5-11(7-10)16-2/h3-5,7H,6,8H2,1-2H3,(H,13,15). The second-order valence-electron chi connectivity index (χ2n) is 3.51. The molecule has 86 valence electrons. The van der Waals surface area contributed by atoms with E-state index in [0.717, 1.165) is 11.3 Å². The molecule has 4 heteroatoms. The Morgan fingerprint density at radius 1 is 1.38 bits per heavy atom. The Kier molecular flexibility index (Phi) is 4.51. The van der Waals surface area contributed by atoms with E-state index < -0.39 is 0 Å². The van der Waals surface area contributed by atoms with E-state index in [2.05, 4.69) is 5.32 Å². The number of methoxy groups -OCH3 is 1. The average molecular weight is 221 g/mol. The van der Waals surface area contributed by atoms with Crippen molar-refractivity contribution in [3.05, 3.63) is 29.8 Å². The van der Waals surface area contributed by atoms with E-state index in [-0.39, 0.29) is 18.1 Å². The van der Waals surface area contributed by atoms with Crippen LogP contribution in [0.3, 0.4) is 0 Å². The molecule has 0 aliphatic rings. The molecule has 0 aliphatic carbocycles. The zero-order valence-corrected chi connectivity index (χ0v) is 9.45. The van der Waals surface area contributed by atoms with Crippen molar-refractivity contribution in [3.8, 4) is 5.75 Å². The second-order valence-corrected chi connectivity index (χ2v) is 3.51. The van der Waals surface area contributed by atoms with E-state index in [9.17, 15) is 9.59 Å². The Balaban J connectivity index is 2.47. The van der Waals surface area contributed by atoms with Crippen LogP contribution in [0.4, 0.5) is 0 Å². The molecule has 0 unspecified atom stereocenters. The molecule has 16 heavy (non-hydrogen) atoms. The molecule has 4 nitrogen and oxygen atoms in total. The van der Waals surface area contributed by atoms with Crippen LogP contribution in [0.15, 0.2) is 24.3 Å². The number of carbonyl (C=O) groups is 2. The van der Waals surface area contributed by atoms with Gasteiger partial charge in [-0.2, -0.15) is 0 Å². The number of Topliss-reactive ketones (excluding diaryl/α,β-unsaturated/α-hetero) is 1. The fourth-order valence-electron chi connectivity index (χ4n) is 1.27. The van der Waals surface area contributed by atoms with Crippen LogP contribution in [-0.4, -0.2) is 18.8 Å². The molecule has 1 rings (SSSR count). The highest BCUT2D eigenvalue weighted by Crippen LogP contribution is 2.12. The summed E-state index contributed by atoms with van der Waals surface area (Å²) in [6, 6.07) is 7.41. The lowest BCUT2D eigenvalue weighted by molar-refractivity contribution is -0.127. The Morgan fingerprint density at radius 2 is 2.12 bits per heavy atom. The molecular formula is C12H15NO3. The highest BCUT2D eigenvalue weighted by molar-refractivity contribution is 5.96. The molecule has 0 saturated heterocycles. The third-order valence-electron chi connectivity index (χ3n) is 2.03. The summed E-state index contributed by atoms with van der Waals surface area (Å²) >= 11 is 0. The normalized spacial score (nSPS) is 9.62.